The molecule has 0 radical (unpaired) electrons. The first-order valence-electron chi connectivity index (χ1n) is 6.20. The number of ketones is 1. The van der Waals surface area contributed by atoms with E-state index in [1.807, 2.05) is 12.1 Å². The van der Waals surface area contributed by atoms with Gasteiger partial charge in [-0.25, -0.2) is 0 Å². The number of hydrogen-bond donors (Lipinski definition) is 0. The Balaban J connectivity index is 3.19. The number of carbonyl (C=O) groups is 1. The summed E-state index contributed by atoms with van der Waals surface area (Å²) >= 11 is 3.38. The van der Waals surface area contributed by atoms with Gasteiger partial charge in [0.05, 0.1) is 11.1 Å². The highest BCUT2D eigenvalue weighted by Crippen LogP contribution is 2.34. The predicted octanol–water partition coefficient (Wildman–Crippen LogP) is 4.27. The summed E-state index contributed by atoms with van der Waals surface area (Å²) in [6.07, 6.45) is 5.53. The maximum atomic E-state index is 12.1. The van der Waals surface area contributed by atoms with E-state index in [0.29, 0.717) is 0 Å². The molecule has 0 aliphatic carbocycles. The van der Waals surface area contributed by atoms with E-state index in [0.717, 1.165) is 35.8 Å². The largest absolute Gasteiger partial charge is 0.299 e. The molecule has 3 heteroatoms. The summed E-state index contributed by atoms with van der Waals surface area (Å²) in [5.74, 6) is 0.232. The van der Waals surface area contributed by atoms with Crippen molar-refractivity contribution in [3.05, 3.63) is 28.5 Å². The van der Waals surface area contributed by atoms with Gasteiger partial charge in [-0.1, -0.05) is 26.7 Å². The third-order valence-corrected chi connectivity index (χ3v) is 3.71. The molecule has 0 atom stereocenters. The number of rotatable bonds is 6. The van der Waals surface area contributed by atoms with Crippen LogP contribution in [-0.4, -0.2) is 10.8 Å². The number of aromatic nitrogens is 1. The van der Waals surface area contributed by atoms with Crippen molar-refractivity contribution in [2.75, 3.05) is 0 Å². The van der Waals surface area contributed by atoms with E-state index in [1.165, 1.54) is 0 Å². The van der Waals surface area contributed by atoms with Crippen molar-refractivity contribution >= 4 is 21.7 Å². The zero-order valence-electron chi connectivity index (χ0n) is 10.8. The van der Waals surface area contributed by atoms with Gasteiger partial charge in [-0.3, -0.25) is 9.78 Å². The number of Topliss-reactive ketones (excluding diaryl/α,β-unsaturated/α-hetero) is 1. The molecular weight excluding hydrogens is 278 g/mol. The van der Waals surface area contributed by atoms with Crippen molar-refractivity contribution in [3.63, 3.8) is 0 Å². The van der Waals surface area contributed by atoms with Crippen molar-refractivity contribution in [3.8, 4) is 0 Å². The molecule has 1 rings (SSSR count). The van der Waals surface area contributed by atoms with Gasteiger partial charge in [-0.15, -0.1) is 0 Å². The third-order valence-electron chi connectivity index (χ3n) is 3.25. The fourth-order valence-electron chi connectivity index (χ4n) is 2.43. The fourth-order valence-corrected chi connectivity index (χ4v) is 2.66. The molecule has 1 heterocycles. The van der Waals surface area contributed by atoms with Crippen LogP contribution in [0.4, 0.5) is 0 Å². The molecule has 0 aliphatic rings. The molecule has 94 valence electrons. The van der Waals surface area contributed by atoms with Gasteiger partial charge in [0.25, 0.3) is 0 Å². The summed E-state index contributed by atoms with van der Waals surface area (Å²) < 4.78 is 0.951. The minimum Gasteiger partial charge on any atom is -0.299 e. The lowest BCUT2D eigenvalue weighted by atomic mass is 9.73. The molecule has 0 aliphatic heterocycles. The molecule has 17 heavy (non-hydrogen) atoms. The van der Waals surface area contributed by atoms with E-state index >= 15 is 0 Å². The van der Waals surface area contributed by atoms with Crippen LogP contribution in [0, 0.1) is 0 Å². The Morgan fingerprint density at radius 2 is 1.88 bits per heavy atom. The average Bonchev–Trinajstić information content (AvgIpc) is 2.29. The van der Waals surface area contributed by atoms with E-state index in [-0.39, 0.29) is 11.2 Å². The summed E-state index contributed by atoms with van der Waals surface area (Å²) in [4.78, 5) is 16.5. The monoisotopic (exact) mass is 297 g/mol. The predicted molar refractivity (Wildman–Crippen MR) is 74.1 cm³/mol. The summed E-state index contributed by atoms with van der Waals surface area (Å²) in [5.41, 5.74) is 0.529. The van der Waals surface area contributed by atoms with Gasteiger partial charge in [-0.05, 0) is 47.8 Å². The SMILES string of the molecule is CCCC(CCC)(C(C)=O)c1ccc(Br)cn1. The molecule has 0 bridgehead atoms. The normalized spacial score (nSPS) is 11.5. The van der Waals surface area contributed by atoms with Gasteiger partial charge < -0.3 is 0 Å². The van der Waals surface area contributed by atoms with Crippen molar-refractivity contribution in [1.29, 1.82) is 0 Å². The molecule has 0 fully saturated rings. The maximum Gasteiger partial charge on any atom is 0.141 e. The van der Waals surface area contributed by atoms with Crippen LogP contribution in [0.1, 0.15) is 52.1 Å². The molecule has 0 N–H and O–H groups in total. The molecule has 0 saturated heterocycles. The van der Waals surface area contributed by atoms with Crippen LogP contribution >= 0.6 is 15.9 Å². The van der Waals surface area contributed by atoms with Gasteiger partial charge in [0, 0.05) is 10.7 Å². The highest BCUT2D eigenvalue weighted by molar-refractivity contribution is 9.10. The molecule has 0 amide bonds. The zero-order chi connectivity index (χ0) is 12.9. The van der Waals surface area contributed by atoms with Crippen LogP contribution in [0.15, 0.2) is 22.8 Å². The van der Waals surface area contributed by atoms with E-state index in [1.54, 1.807) is 13.1 Å². The highest BCUT2D eigenvalue weighted by Gasteiger charge is 2.36. The lowest BCUT2D eigenvalue weighted by Crippen LogP contribution is -2.35. The van der Waals surface area contributed by atoms with Crippen LogP contribution in [0.25, 0.3) is 0 Å². The number of halogens is 1. The highest BCUT2D eigenvalue weighted by atomic mass is 79.9. The molecular formula is C14H20BrNO. The second kappa shape index (κ2) is 6.29. The second-order valence-electron chi connectivity index (χ2n) is 4.50. The quantitative estimate of drug-likeness (QED) is 0.785. The number of pyridine rings is 1. The Hall–Kier alpha value is -0.700. The molecule has 2 nitrogen and oxygen atoms in total. The molecule has 1 aromatic rings. The Kier molecular flexibility index (Phi) is 5.31. The van der Waals surface area contributed by atoms with Crippen LogP contribution in [-0.2, 0) is 10.2 Å². The smallest absolute Gasteiger partial charge is 0.141 e. The van der Waals surface area contributed by atoms with Gasteiger partial charge in [0.2, 0.25) is 0 Å². The first-order valence-corrected chi connectivity index (χ1v) is 6.99. The van der Waals surface area contributed by atoms with Crippen LogP contribution in [0.3, 0.4) is 0 Å². The van der Waals surface area contributed by atoms with Gasteiger partial charge in [0.15, 0.2) is 0 Å². The molecule has 0 unspecified atom stereocenters. The topological polar surface area (TPSA) is 30.0 Å². The lowest BCUT2D eigenvalue weighted by Gasteiger charge is -2.30. The second-order valence-corrected chi connectivity index (χ2v) is 5.42. The zero-order valence-corrected chi connectivity index (χ0v) is 12.4. The minimum atomic E-state index is -0.385. The third kappa shape index (κ3) is 3.15. The van der Waals surface area contributed by atoms with E-state index in [2.05, 4.69) is 34.8 Å². The number of nitrogens with zero attached hydrogens (tertiary/aromatic N) is 1. The van der Waals surface area contributed by atoms with Gasteiger partial charge in [-0.2, -0.15) is 0 Å². The number of hydrogen-bond acceptors (Lipinski definition) is 2. The number of carbonyl (C=O) groups excluding carboxylic acids is 1. The van der Waals surface area contributed by atoms with E-state index in [4.69, 9.17) is 0 Å². The Bertz CT molecular complexity index is 366. The van der Waals surface area contributed by atoms with Crippen LogP contribution in [0.2, 0.25) is 0 Å². The average molecular weight is 298 g/mol. The summed E-state index contributed by atoms with van der Waals surface area (Å²) in [7, 11) is 0. The lowest BCUT2D eigenvalue weighted by molar-refractivity contribution is -0.123. The molecule has 0 aromatic carbocycles. The van der Waals surface area contributed by atoms with Gasteiger partial charge >= 0.3 is 0 Å². The summed E-state index contributed by atoms with van der Waals surface area (Å²) in [6, 6.07) is 3.93. The minimum absolute atomic E-state index is 0.232. The Labute approximate surface area is 112 Å². The van der Waals surface area contributed by atoms with Crippen molar-refractivity contribution in [1.82, 2.24) is 4.98 Å². The van der Waals surface area contributed by atoms with Crippen molar-refractivity contribution in [2.24, 2.45) is 0 Å². The van der Waals surface area contributed by atoms with E-state index < -0.39 is 0 Å². The standard InChI is InChI=1S/C14H20BrNO/c1-4-8-14(9-5-2,11(3)17)13-7-6-12(15)10-16-13/h6-7,10H,4-5,8-9H2,1-3H3. The first kappa shape index (κ1) is 14.4. The molecule has 0 saturated carbocycles. The summed E-state index contributed by atoms with van der Waals surface area (Å²) in [6.45, 7) is 5.92. The Morgan fingerprint density at radius 1 is 1.29 bits per heavy atom. The Morgan fingerprint density at radius 3 is 2.24 bits per heavy atom. The van der Waals surface area contributed by atoms with Crippen molar-refractivity contribution < 1.29 is 4.79 Å². The van der Waals surface area contributed by atoms with Crippen LogP contribution < -0.4 is 0 Å². The van der Waals surface area contributed by atoms with E-state index in [9.17, 15) is 4.79 Å². The van der Waals surface area contributed by atoms with Gasteiger partial charge in [0.1, 0.15) is 5.78 Å². The molecule has 1 aromatic heterocycles. The van der Waals surface area contributed by atoms with Crippen molar-refractivity contribution in [2.45, 2.75) is 51.9 Å². The van der Waals surface area contributed by atoms with Crippen LogP contribution in [0.5, 0.6) is 0 Å². The molecule has 0 spiro atoms. The first-order chi connectivity index (χ1) is 8.06. The fraction of sp³-hybridized carbons (Fsp3) is 0.571. The maximum absolute atomic E-state index is 12.1. The summed E-state index contributed by atoms with van der Waals surface area (Å²) in [5, 5.41) is 0.